The second-order valence-electron chi connectivity index (χ2n) is 3.39. The van der Waals surface area contributed by atoms with E-state index in [9.17, 15) is 0 Å². The smallest absolute Gasteiger partial charge is 0.203 e. The van der Waals surface area contributed by atoms with Gasteiger partial charge < -0.3 is 9.88 Å². The fourth-order valence-corrected chi connectivity index (χ4v) is 1.48. The molecule has 0 amide bonds. The lowest BCUT2D eigenvalue weighted by Gasteiger charge is -2.06. The second kappa shape index (κ2) is 4.16. The van der Waals surface area contributed by atoms with Crippen molar-refractivity contribution in [2.75, 3.05) is 11.9 Å². The molecule has 0 aromatic carbocycles. The fraction of sp³-hybridized carbons (Fsp3) is 0.400. The number of rotatable bonds is 4. The quantitative estimate of drug-likeness (QED) is 0.813. The monoisotopic (exact) mass is 205 g/mol. The number of nitrogens with one attached hydrogen (secondary N) is 1. The van der Waals surface area contributed by atoms with Crippen molar-refractivity contribution in [3.63, 3.8) is 0 Å². The van der Waals surface area contributed by atoms with Crippen LogP contribution in [0.1, 0.15) is 12.6 Å². The molecule has 0 radical (unpaired) electrons. The third kappa shape index (κ3) is 2.18. The number of hydrogen-bond acceptors (Lipinski definition) is 3. The molecule has 0 aliphatic carbocycles. The van der Waals surface area contributed by atoms with Crippen LogP contribution in [0.25, 0.3) is 0 Å². The van der Waals surface area contributed by atoms with Gasteiger partial charge in [0.15, 0.2) is 0 Å². The first-order valence-corrected chi connectivity index (χ1v) is 5.03. The van der Waals surface area contributed by atoms with E-state index >= 15 is 0 Å². The van der Waals surface area contributed by atoms with E-state index in [0.717, 1.165) is 24.7 Å². The van der Waals surface area contributed by atoms with E-state index in [2.05, 4.69) is 22.3 Å². The number of aryl methyl sites for hydroxylation is 1. The van der Waals surface area contributed by atoms with Gasteiger partial charge in [-0.05, 0) is 13.0 Å². The summed E-state index contributed by atoms with van der Waals surface area (Å²) in [6, 6.07) is 2.01. The van der Waals surface area contributed by atoms with Gasteiger partial charge in [-0.1, -0.05) is 0 Å². The number of hydrogen-bond donors (Lipinski definition) is 1. The molecule has 2 rings (SSSR count). The summed E-state index contributed by atoms with van der Waals surface area (Å²) in [6.07, 6.45) is 5.69. The van der Waals surface area contributed by atoms with Crippen molar-refractivity contribution >= 4 is 5.95 Å². The van der Waals surface area contributed by atoms with Crippen LogP contribution in [0.2, 0.25) is 0 Å². The molecule has 5 heteroatoms. The molecule has 0 saturated carbocycles. The standard InChI is InChI=1S/C10H15N5/c1-3-11-10-12-5-7-15(10)8-9-4-6-14(2)13-9/h4-7H,3,8H2,1-2H3,(H,11,12). The van der Waals surface area contributed by atoms with Gasteiger partial charge in [-0.25, -0.2) is 4.98 Å². The van der Waals surface area contributed by atoms with Gasteiger partial charge in [0.1, 0.15) is 0 Å². The Bertz CT molecular complexity index is 428. The van der Waals surface area contributed by atoms with Crippen LogP contribution in [0.15, 0.2) is 24.7 Å². The highest BCUT2D eigenvalue weighted by Crippen LogP contribution is 2.07. The Hall–Kier alpha value is -1.78. The molecule has 0 unspecified atom stereocenters. The minimum atomic E-state index is 0.753. The first-order valence-electron chi connectivity index (χ1n) is 5.03. The average molecular weight is 205 g/mol. The Morgan fingerprint density at radius 2 is 2.27 bits per heavy atom. The Kier molecular flexibility index (Phi) is 2.71. The predicted molar refractivity (Wildman–Crippen MR) is 58.7 cm³/mol. The zero-order chi connectivity index (χ0) is 10.7. The van der Waals surface area contributed by atoms with Gasteiger partial charge in [0.05, 0.1) is 12.2 Å². The summed E-state index contributed by atoms with van der Waals surface area (Å²) in [6.45, 7) is 3.68. The van der Waals surface area contributed by atoms with Crippen LogP contribution < -0.4 is 5.32 Å². The van der Waals surface area contributed by atoms with Gasteiger partial charge in [0.2, 0.25) is 5.95 Å². The van der Waals surface area contributed by atoms with Gasteiger partial charge in [-0.3, -0.25) is 4.68 Å². The van der Waals surface area contributed by atoms with Gasteiger partial charge in [-0.15, -0.1) is 0 Å². The lowest BCUT2D eigenvalue weighted by atomic mass is 10.4. The van der Waals surface area contributed by atoms with Crippen LogP contribution in [0.3, 0.4) is 0 Å². The largest absolute Gasteiger partial charge is 0.356 e. The molecule has 0 bridgehead atoms. The molecule has 0 fully saturated rings. The normalized spacial score (nSPS) is 10.5. The van der Waals surface area contributed by atoms with E-state index in [4.69, 9.17) is 0 Å². The highest BCUT2D eigenvalue weighted by molar-refractivity contribution is 5.26. The molecule has 15 heavy (non-hydrogen) atoms. The van der Waals surface area contributed by atoms with Crippen molar-refractivity contribution in [1.82, 2.24) is 19.3 Å². The van der Waals surface area contributed by atoms with Crippen molar-refractivity contribution in [1.29, 1.82) is 0 Å². The number of nitrogens with zero attached hydrogens (tertiary/aromatic N) is 4. The highest BCUT2D eigenvalue weighted by Gasteiger charge is 2.03. The lowest BCUT2D eigenvalue weighted by molar-refractivity contribution is 0.708. The molecule has 2 heterocycles. The zero-order valence-corrected chi connectivity index (χ0v) is 9.01. The van der Waals surface area contributed by atoms with Gasteiger partial charge >= 0.3 is 0 Å². The fourth-order valence-electron chi connectivity index (χ4n) is 1.48. The minimum absolute atomic E-state index is 0.753. The van der Waals surface area contributed by atoms with Crippen molar-refractivity contribution < 1.29 is 0 Å². The number of anilines is 1. The van der Waals surface area contributed by atoms with Gasteiger partial charge in [-0.2, -0.15) is 5.10 Å². The van der Waals surface area contributed by atoms with Gasteiger partial charge in [0.25, 0.3) is 0 Å². The molecule has 0 spiro atoms. The summed E-state index contributed by atoms with van der Waals surface area (Å²) in [4.78, 5) is 4.23. The Morgan fingerprint density at radius 3 is 2.93 bits per heavy atom. The molecule has 80 valence electrons. The lowest BCUT2D eigenvalue weighted by Crippen LogP contribution is -2.07. The average Bonchev–Trinajstić information content (AvgIpc) is 2.78. The van der Waals surface area contributed by atoms with Crippen LogP contribution in [0.4, 0.5) is 5.95 Å². The van der Waals surface area contributed by atoms with E-state index in [1.165, 1.54) is 0 Å². The van der Waals surface area contributed by atoms with Crippen LogP contribution in [0, 0.1) is 0 Å². The van der Waals surface area contributed by atoms with Crippen LogP contribution in [0.5, 0.6) is 0 Å². The third-order valence-electron chi connectivity index (χ3n) is 2.15. The van der Waals surface area contributed by atoms with Crippen LogP contribution in [-0.2, 0) is 13.6 Å². The molecular formula is C10H15N5. The number of aromatic nitrogens is 4. The Morgan fingerprint density at radius 1 is 1.40 bits per heavy atom. The summed E-state index contributed by atoms with van der Waals surface area (Å²) in [5, 5.41) is 7.53. The maximum atomic E-state index is 4.33. The molecule has 0 aliphatic rings. The molecule has 5 nitrogen and oxygen atoms in total. The molecule has 1 N–H and O–H groups in total. The highest BCUT2D eigenvalue weighted by atomic mass is 15.3. The molecule has 0 atom stereocenters. The zero-order valence-electron chi connectivity index (χ0n) is 9.01. The number of imidazole rings is 1. The second-order valence-corrected chi connectivity index (χ2v) is 3.39. The third-order valence-corrected chi connectivity index (χ3v) is 2.15. The van der Waals surface area contributed by atoms with E-state index in [1.54, 1.807) is 10.9 Å². The van der Waals surface area contributed by atoms with Crippen molar-refractivity contribution in [2.24, 2.45) is 7.05 Å². The molecule has 0 aliphatic heterocycles. The van der Waals surface area contributed by atoms with Crippen LogP contribution in [-0.4, -0.2) is 25.9 Å². The Labute approximate surface area is 88.7 Å². The SMILES string of the molecule is CCNc1nccn1Cc1ccn(C)n1. The van der Waals surface area contributed by atoms with Crippen molar-refractivity contribution in [2.45, 2.75) is 13.5 Å². The molecule has 2 aromatic rings. The maximum absolute atomic E-state index is 4.33. The molecule has 0 saturated heterocycles. The summed E-state index contributed by atoms with van der Waals surface area (Å²) < 4.78 is 3.85. The first-order chi connectivity index (χ1) is 7.29. The topological polar surface area (TPSA) is 47.7 Å². The summed E-state index contributed by atoms with van der Waals surface area (Å²) >= 11 is 0. The summed E-state index contributed by atoms with van der Waals surface area (Å²) in [5.41, 5.74) is 1.04. The summed E-state index contributed by atoms with van der Waals surface area (Å²) in [5.74, 6) is 0.892. The van der Waals surface area contributed by atoms with Crippen molar-refractivity contribution in [3.8, 4) is 0 Å². The van der Waals surface area contributed by atoms with E-state index in [1.807, 2.05) is 30.1 Å². The van der Waals surface area contributed by atoms with E-state index < -0.39 is 0 Å². The van der Waals surface area contributed by atoms with Crippen molar-refractivity contribution in [3.05, 3.63) is 30.4 Å². The molecule has 2 aromatic heterocycles. The Balaban J connectivity index is 2.13. The molecular weight excluding hydrogens is 190 g/mol. The van der Waals surface area contributed by atoms with Crippen LogP contribution >= 0.6 is 0 Å². The van der Waals surface area contributed by atoms with E-state index in [-0.39, 0.29) is 0 Å². The minimum Gasteiger partial charge on any atom is -0.356 e. The first kappa shape index (κ1) is 9.76. The van der Waals surface area contributed by atoms with Gasteiger partial charge in [0, 0.05) is 32.2 Å². The summed E-state index contributed by atoms with van der Waals surface area (Å²) in [7, 11) is 1.92. The predicted octanol–water partition coefficient (Wildman–Crippen LogP) is 1.10. The van der Waals surface area contributed by atoms with E-state index in [0.29, 0.717) is 0 Å². The maximum Gasteiger partial charge on any atom is 0.203 e.